The maximum Gasteiger partial charge on any atom is 0.246 e. The Labute approximate surface area is 155 Å². The summed E-state index contributed by atoms with van der Waals surface area (Å²) in [6.07, 6.45) is 3.51. The molecule has 0 aliphatic rings. The number of carbonyl (C=O) groups is 1. The Hall–Kier alpha value is -2.89. The second kappa shape index (κ2) is 10.9. The van der Waals surface area contributed by atoms with Crippen molar-refractivity contribution in [3.05, 3.63) is 59.9 Å². The zero-order valence-corrected chi connectivity index (χ0v) is 15.5. The molecule has 0 radical (unpaired) electrons. The lowest BCUT2D eigenvalue weighted by Gasteiger charge is -2.11. The predicted octanol–water partition coefficient (Wildman–Crippen LogP) is 2.38. The molecule has 138 valence electrons. The van der Waals surface area contributed by atoms with Gasteiger partial charge in [-0.1, -0.05) is 25.1 Å². The third-order valence-corrected chi connectivity index (χ3v) is 3.74. The van der Waals surface area contributed by atoms with Gasteiger partial charge in [-0.25, -0.2) is 4.99 Å². The van der Waals surface area contributed by atoms with Gasteiger partial charge in [0.15, 0.2) is 5.96 Å². The van der Waals surface area contributed by atoms with E-state index in [0.29, 0.717) is 12.5 Å². The molecule has 0 bridgehead atoms. The van der Waals surface area contributed by atoms with Crippen LogP contribution < -0.4 is 16.0 Å². The van der Waals surface area contributed by atoms with Crippen molar-refractivity contribution in [2.45, 2.75) is 26.7 Å². The third kappa shape index (κ3) is 6.93. The van der Waals surface area contributed by atoms with Gasteiger partial charge >= 0.3 is 0 Å². The summed E-state index contributed by atoms with van der Waals surface area (Å²) in [5.41, 5.74) is 3.01. The maximum absolute atomic E-state index is 12.1. The van der Waals surface area contributed by atoms with Crippen molar-refractivity contribution in [3.63, 3.8) is 0 Å². The minimum atomic E-state index is -0.139. The van der Waals surface area contributed by atoms with Crippen LogP contribution in [-0.2, 0) is 17.6 Å². The van der Waals surface area contributed by atoms with Crippen LogP contribution in [0.5, 0.6) is 0 Å². The molecule has 0 saturated carbocycles. The molecule has 1 heterocycles. The van der Waals surface area contributed by atoms with Crippen LogP contribution in [0.2, 0.25) is 0 Å². The predicted molar refractivity (Wildman–Crippen MR) is 106 cm³/mol. The van der Waals surface area contributed by atoms with Crippen molar-refractivity contribution < 1.29 is 4.79 Å². The molecule has 26 heavy (non-hydrogen) atoms. The van der Waals surface area contributed by atoms with E-state index in [4.69, 9.17) is 0 Å². The Bertz CT molecular complexity index is 715. The fourth-order valence-corrected chi connectivity index (χ4v) is 2.42. The summed E-state index contributed by atoms with van der Waals surface area (Å²) < 4.78 is 0. The van der Waals surface area contributed by atoms with Gasteiger partial charge in [-0.3, -0.25) is 9.78 Å². The van der Waals surface area contributed by atoms with Crippen LogP contribution in [0.4, 0.5) is 5.69 Å². The molecule has 0 fully saturated rings. The minimum absolute atomic E-state index is 0.0648. The number of amides is 1. The van der Waals surface area contributed by atoms with Gasteiger partial charge in [0.05, 0.1) is 0 Å². The smallest absolute Gasteiger partial charge is 0.246 e. The summed E-state index contributed by atoms with van der Waals surface area (Å²) in [6.45, 7) is 5.57. The van der Waals surface area contributed by atoms with E-state index in [1.54, 1.807) is 6.20 Å². The normalized spacial score (nSPS) is 11.1. The van der Waals surface area contributed by atoms with Crippen molar-refractivity contribution in [1.82, 2.24) is 15.6 Å². The first-order valence-electron chi connectivity index (χ1n) is 9.02. The number of guanidine groups is 1. The van der Waals surface area contributed by atoms with E-state index in [0.717, 1.165) is 30.8 Å². The molecule has 0 unspecified atom stereocenters. The molecule has 0 saturated heterocycles. The largest absolute Gasteiger partial charge is 0.357 e. The highest BCUT2D eigenvalue weighted by atomic mass is 16.1. The molecule has 0 aliphatic carbocycles. The molecule has 6 nitrogen and oxygen atoms in total. The molecule has 0 aliphatic heterocycles. The first-order valence-corrected chi connectivity index (χ1v) is 9.02. The third-order valence-electron chi connectivity index (χ3n) is 3.74. The van der Waals surface area contributed by atoms with E-state index in [1.807, 2.05) is 49.4 Å². The van der Waals surface area contributed by atoms with Crippen LogP contribution in [0.1, 0.15) is 25.1 Å². The number of benzene rings is 1. The van der Waals surface area contributed by atoms with E-state index in [-0.39, 0.29) is 12.5 Å². The summed E-state index contributed by atoms with van der Waals surface area (Å²) in [5, 5.41) is 9.25. The average molecular weight is 353 g/mol. The molecule has 0 spiro atoms. The Morgan fingerprint density at radius 1 is 1.12 bits per heavy atom. The lowest BCUT2D eigenvalue weighted by atomic mass is 10.1. The highest BCUT2D eigenvalue weighted by molar-refractivity contribution is 5.94. The number of rotatable bonds is 8. The summed E-state index contributed by atoms with van der Waals surface area (Å²) in [4.78, 5) is 20.8. The van der Waals surface area contributed by atoms with Gasteiger partial charge in [0.25, 0.3) is 0 Å². The molecule has 6 heteroatoms. The average Bonchev–Trinajstić information content (AvgIpc) is 2.67. The van der Waals surface area contributed by atoms with Crippen LogP contribution in [0.15, 0.2) is 53.7 Å². The van der Waals surface area contributed by atoms with E-state index < -0.39 is 0 Å². The second-order valence-electron chi connectivity index (χ2n) is 5.80. The lowest BCUT2D eigenvalue weighted by Crippen LogP contribution is -2.39. The number of hydrogen-bond donors (Lipinski definition) is 3. The highest BCUT2D eigenvalue weighted by Gasteiger charge is 2.04. The zero-order valence-electron chi connectivity index (χ0n) is 15.5. The summed E-state index contributed by atoms with van der Waals surface area (Å²) in [6, 6.07) is 13.7. The van der Waals surface area contributed by atoms with Crippen LogP contribution >= 0.6 is 0 Å². The van der Waals surface area contributed by atoms with Crippen molar-refractivity contribution in [3.8, 4) is 0 Å². The fourth-order valence-electron chi connectivity index (χ4n) is 2.42. The first kappa shape index (κ1) is 19.4. The van der Waals surface area contributed by atoms with Crippen molar-refractivity contribution in [1.29, 1.82) is 0 Å². The molecule has 1 aromatic carbocycles. The standard InChI is InChI=1S/C20H27N5O/c1-3-16-8-7-10-18(14-16)25-19(26)15-24-20(21-4-2)23-13-11-17-9-5-6-12-22-17/h5-10,12,14H,3-4,11,13,15H2,1-2H3,(H,25,26)(H2,21,23,24). The van der Waals surface area contributed by atoms with Gasteiger partial charge < -0.3 is 16.0 Å². The minimum Gasteiger partial charge on any atom is -0.357 e. The summed E-state index contributed by atoms with van der Waals surface area (Å²) in [5.74, 6) is 0.487. The number of aryl methyl sites for hydroxylation is 1. The van der Waals surface area contributed by atoms with Gasteiger partial charge in [-0.05, 0) is 43.2 Å². The van der Waals surface area contributed by atoms with Gasteiger partial charge in [-0.15, -0.1) is 0 Å². The van der Waals surface area contributed by atoms with E-state index in [9.17, 15) is 4.79 Å². The summed E-state index contributed by atoms with van der Waals surface area (Å²) >= 11 is 0. The lowest BCUT2D eigenvalue weighted by molar-refractivity contribution is -0.114. The number of pyridine rings is 1. The number of carbonyl (C=O) groups excluding carboxylic acids is 1. The van der Waals surface area contributed by atoms with Crippen LogP contribution in [-0.4, -0.2) is 36.5 Å². The number of anilines is 1. The number of aromatic nitrogens is 1. The van der Waals surface area contributed by atoms with Crippen LogP contribution in [0, 0.1) is 0 Å². The SMILES string of the molecule is CCNC(=NCC(=O)Nc1cccc(CC)c1)NCCc1ccccn1. The molecular weight excluding hydrogens is 326 g/mol. The molecule has 3 N–H and O–H groups in total. The van der Waals surface area contributed by atoms with E-state index in [2.05, 4.69) is 32.9 Å². The molecule has 1 amide bonds. The molecule has 0 atom stereocenters. The number of nitrogens with zero attached hydrogens (tertiary/aromatic N) is 2. The van der Waals surface area contributed by atoms with Gasteiger partial charge in [0, 0.05) is 37.1 Å². The summed E-state index contributed by atoms with van der Waals surface area (Å²) in [7, 11) is 0. The highest BCUT2D eigenvalue weighted by Crippen LogP contribution is 2.10. The van der Waals surface area contributed by atoms with Gasteiger partial charge in [0.2, 0.25) is 5.91 Å². The number of nitrogens with one attached hydrogen (secondary N) is 3. The molecule has 2 aromatic rings. The second-order valence-corrected chi connectivity index (χ2v) is 5.80. The van der Waals surface area contributed by atoms with Crippen LogP contribution in [0.3, 0.4) is 0 Å². The molecule has 1 aromatic heterocycles. The number of aliphatic imine (C=N–C) groups is 1. The van der Waals surface area contributed by atoms with Gasteiger partial charge in [0.1, 0.15) is 6.54 Å². The monoisotopic (exact) mass is 353 g/mol. The molecular formula is C20H27N5O. The quantitative estimate of drug-likeness (QED) is 0.503. The van der Waals surface area contributed by atoms with Crippen molar-refractivity contribution in [2.24, 2.45) is 4.99 Å². The van der Waals surface area contributed by atoms with E-state index in [1.165, 1.54) is 5.56 Å². The molecule has 2 rings (SSSR count). The Kier molecular flexibility index (Phi) is 8.12. The first-order chi connectivity index (χ1) is 12.7. The van der Waals surface area contributed by atoms with Crippen LogP contribution in [0.25, 0.3) is 0 Å². The Balaban J connectivity index is 1.83. The fraction of sp³-hybridized carbons (Fsp3) is 0.350. The zero-order chi connectivity index (χ0) is 18.6. The maximum atomic E-state index is 12.1. The van der Waals surface area contributed by atoms with Crippen molar-refractivity contribution in [2.75, 3.05) is 25.0 Å². The van der Waals surface area contributed by atoms with Gasteiger partial charge in [-0.2, -0.15) is 0 Å². The Morgan fingerprint density at radius 2 is 2.00 bits per heavy atom. The Morgan fingerprint density at radius 3 is 2.73 bits per heavy atom. The number of hydrogen-bond acceptors (Lipinski definition) is 3. The topological polar surface area (TPSA) is 78.4 Å². The van der Waals surface area contributed by atoms with Crippen molar-refractivity contribution >= 4 is 17.6 Å². The van der Waals surface area contributed by atoms with E-state index >= 15 is 0 Å².